The van der Waals surface area contributed by atoms with Crippen LogP contribution in [-0.4, -0.2) is 0 Å². The van der Waals surface area contributed by atoms with E-state index in [1.807, 2.05) is 0 Å². The van der Waals surface area contributed by atoms with Gasteiger partial charge in [0, 0.05) is 22.4 Å². The van der Waals surface area contributed by atoms with Gasteiger partial charge in [-0.2, -0.15) is 0 Å². The van der Waals surface area contributed by atoms with E-state index in [9.17, 15) is 0 Å². The van der Waals surface area contributed by atoms with E-state index < -0.39 is 0 Å². The molecule has 0 radical (unpaired) electrons. The summed E-state index contributed by atoms with van der Waals surface area (Å²) in [7, 11) is 0. The average Bonchev–Trinajstić information content (AvgIpc) is 3.27. The predicted octanol–water partition coefficient (Wildman–Crippen LogP) is 11.7. The van der Waals surface area contributed by atoms with E-state index in [2.05, 4.69) is 171 Å². The van der Waals surface area contributed by atoms with Crippen LogP contribution in [0.2, 0.25) is 0 Å². The van der Waals surface area contributed by atoms with Crippen molar-refractivity contribution in [2.24, 2.45) is 0 Å². The molecule has 206 valence electrons. The van der Waals surface area contributed by atoms with E-state index in [1.165, 1.54) is 71.9 Å². The second-order valence-corrected chi connectivity index (χ2v) is 12.3. The van der Waals surface area contributed by atoms with Crippen LogP contribution < -0.4 is 4.90 Å². The Hall–Kier alpha value is -5.14. The van der Waals surface area contributed by atoms with Gasteiger partial charge in [0.1, 0.15) is 0 Å². The fraction of sp³-hybridized carbons (Fsp3) is 0.0952. The molecule has 0 saturated carbocycles. The van der Waals surface area contributed by atoms with Crippen LogP contribution in [0.1, 0.15) is 30.5 Å². The minimum Gasteiger partial charge on any atom is -0.310 e. The molecule has 0 atom stereocenters. The van der Waals surface area contributed by atoms with E-state index in [-0.39, 0.29) is 5.41 Å². The lowest BCUT2D eigenvalue weighted by Gasteiger charge is -2.30. The van der Waals surface area contributed by atoms with Crippen molar-refractivity contribution in [3.63, 3.8) is 0 Å². The summed E-state index contributed by atoms with van der Waals surface area (Å²) in [5.74, 6) is 0. The summed E-state index contributed by atoms with van der Waals surface area (Å²) >= 11 is 0. The summed E-state index contributed by atoms with van der Waals surface area (Å²) in [5, 5.41) is 4.95. The SMILES string of the molecule is Cc1ccccc1-c1cc2ccccc2cc1N(c1ccc2c(c1)C(C)(C)c1ccccc1-2)c1ccc2ccccc2c1. The van der Waals surface area contributed by atoms with E-state index in [0.717, 1.165) is 5.69 Å². The van der Waals surface area contributed by atoms with Gasteiger partial charge < -0.3 is 4.90 Å². The maximum atomic E-state index is 2.47. The normalized spacial score (nSPS) is 13.2. The van der Waals surface area contributed by atoms with Gasteiger partial charge in [-0.3, -0.25) is 0 Å². The minimum absolute atomic E-state index is 0.0841. The van der Waals surface area contributed by atoms with Gasteiger partial charge in [-0.25, -0.2) is 0 Å². The van der Waals surface area contributed by atoms with Crippen LogP contribution in [0, 0.1) is 6.92 Å². The molecule has 1 aliphatic carbocycles. The summed E-state index contributed by atoms with van der Waals surface area (Å²) in [5.41, 5.74) is 12.6. The molecule has 0 heterocycles. The molecule has 7 aromatic carbocycles. The number of benzene rings is 7. The molecule has 8 rings (SSSR count). The zero-order chi connectivity index (χ0) is 29.1. The number of nitrogens with zero attached hydrogens (tertiary/aromatic N) is 1. The van der Waals surface area contributed by atoms with Crippen LogP contribution in [0.4, 0.5) is 17.1 Å². The Morgan fingerprint density at radius 3 is 1.74 bits per heavy atom. The summed E-state index contributed by atoms with van der Waals surface area (Å²) in [6, 6.07) is 53.6. The van der Waals surface area contributed by atoms with Crippen LogP contribution in [0.5, 0.6) is 0 Å². The molecule has 0 N–H and O–H groups in total. The summed E-state index contributed by atoms with van der Waals surface area (Å²) < 4.78 is 0. The van der Waals surface area contributed by atoms with Crippen molar-refractivity contribution in [3.05, 3.63) is 162 Å². The molecule has 0 saturated heterocycles. The molecular weight excluding hydrogens is 518 g/mol. The fourth-order valence-corrected chi connectivity index (χ4v) is 7.08. The van der Waals surface area contributed by atoms with E-state index in [0.29, 0.717) is 0 Å². The molecule has 0 spiro atoms. The number of hydrogen-bond donors (Lipinski definition) is 0. The molecule has 43 heavy (non-hydrogen) atoms. The molecule has 1 nitrogen and oxygen atoms in total. The smallest absolute Gasteiger partial charge is 0.0546 e. The molecule has 0 aliphatic heterocycles. The van der Waals surface area contributed by atoms with Crippen LogP contribution >= 0.6 is 0 Å². The lowest BCUT2D eigenvalue weighted by molar-refractivity contribution is 0.660. The predicted molar refractivity (Wildman–Crippen MR) is 184 cm³/mol. The van der Waals surface area contributed by atoms with Gasteiger partial charge >= 0.3 is 0 Å². The first-order chi connectivity index (χ1) is 21.0. The Morgan fingerprint density at radius 2 is 0.977 bits per heavy atom. The Kier molecular flexibility index (Phi) is 5.77. The second kappa shape index (κ2) is 9.71. The highest BCUT2D eigenvalue weighted by Gasteiger charge is 2.36. The van der Waals surface area contributed by atoms with Crippen molar-refractivity contribution in [1.29, 1.82) is 0 Å². The maximum Gasteiger partial charge on any atom is 0.0546 e. The zero-order valence-corrected chi connectivity index (χ0v) is 24.8. The van der Waals surface area contributed by atoms with Gasteiger partial charge in [-0.1, -0.05) is 123 Å². The largest absolute Gasteiger partial charge is 0.310 e. The lowest BCUT2D eigenvalue weighted by atomic mass is 9.82. The Bertz CT molecular complexity index is 2180. The second-order valence-electron chi connectivity index (χ2n) is 12.3. The van der Waals surface area contributed by atoms with Crippen molar-refractivity contribution in [1.82, 2.24) is 0 Å². The lowest BCUT2D eigenvalue weighted by Crippen LogP contribution is -2.17. The molecular formula is C42H33N. The van der Waals surface area contributed by atoms with Gasteiger partial charge in [0.05, 0.1) is 5.69 Å². The topological polar surface area (TPSA) is 3.24 Å². The van der Waals surface area contributed by atoms with Crippen molar-refractivity contribution >= 4 is 38.6 Å². The van der Waals surface area contributed by atoms with E-state index in [1.54, 1.807) is 0 Å². The van der Waals surface area contributed by atoms with Gasteiger partial charge in [0.15, 0.2) is 0 Å². The molecule has 7 aromatic rings. The first-order valence-corrected chi connectivity index (χ1v) is 15.1. The van der Waals surface area contributed by atoms with E-state index in [4.69, 9.17) is 0 Å². The molecule has 0 aromatic heterocycles. The van der Waals surface area contributed by atoms with Gasteiger partial charge in [-0.05, 0) is 98.2 Å². The van der Waals surface area contributed by atoms with Gasteiger partial charge in [0.2, 0.25) is 0 Å². The molecule has 1 aliphatic rings. The summed E-state index contributed by atoms with van der Waals surface area (Å²) in [6.07, 6.45) is 0. The van der Waals surface area contributed by atoms with Crippen molar-refractivity contribution in [3.8, 4) is 22.3 Å². The van der Waals surface area contributed by atoms with Crippen molar-refractivity contribution in [2.75, 3.05) is 4.90 Å². The third-order valence-corrected chi connectivity index (χ3v) is 9.36. The highest BCUT2D eigenvalue weighted by Crippen LogP contribution is 2.51. The third-order valence-electron chi connectivity index (χ3n) is 9.36. The molecule has 0 bridgehead atoms. The summed E-state index contributed by atoms with van der Waals surface area (Å²) in [6.45, 7) is 6.93. The van der Waals surface area contributed by atoms with Crippen molar-refractivity contribution < 1.29 is 0 Å². The Balaban J connectivity index is 1.43. The highest BCUT2D eigenvalue weighted by atomic mass is 15.1. The summed E-state index contributed by atoms with van der Waals surface area (Å²) in [4.78, 5) is 2.47. The first-order valence-electron chi connectivity index (χ1n) is 15.1. The molecule has 0 fully saturated rings. The van der Waals surface area contributed by atoms with Gasteiger partial charge in [-0.15, -0.1) is 0 Å². The Labute approximate surface area is 253 Å². The number of hydrogen-bond acceptors (Lipinski definition) is 1. The zero-order valence-electron chi connectivity index (χ0n) is 24.8. The van der Waals surface area contributed by atoms with E-state index >= 15 is 0 Å². The first kappa shape index (κ1) is 25.6. The quantitative estimate of drug-likeness (QED) is 0.210. The molecule has 0 unspecified atom stereocenters. The number of fused-ring (bicyclic) bond motifs is 5. The van der Waals surface area contributed by atoms with Crippen LogP contribution in [0.15, 0.2) is 146 Å². The third kappa shape index (κ3) is 4.07. The molecule has 0 amide bonds. The van der Waals surface area contributed by atoms with Crippen LogP contribution in [0.25, 0.3) is 43.8 Å². The standard InChI is InChI=1S/C42H33N/c1-28-12-4-9-17-35(28)38-25-31-15-7-8-16-32(31)26-41(38)43(33-21-20-29-13-5-6-14-30(29)24-33)34-22-23-37-36-18-10-11-19-39(36)42(2,3)40(37)27-34/h4-27H,1-3H3. The number of aryl methyl sites for hydroxylation is 1. The maximum absolute atomic E-state index is 2.47. The van der Waals surface area contributed by atoms with Gasteiger partial charge in [0.25, 0.3) is 0 Å². The monoisotopic (exact) mass is 551 g/mol. The Morgan fingerprint density at radius 1 is 0.419 bits per heavy atom. The van der Waals surface area contributed by atoms with Crippen molar-refractivity contribution in [2.45, 2.75) is 26.2 Å². The average molecular weight is 552 g/mol. The number of anilines is 3. The molecule has 1 heteroatoms. The van der Waals surface area contributed by atoms with Crippen LogP contribution in [0.3, 0.4) is 0 Å². The highest BCUT2D eigenvalue weighted by molar-refractivity contribution is 6.00. The fourth-order valence-electron chi connectivity index (χ4n) is 7.08. The number of rotatable bonds is 4. The van der Waals surface area contributed by atoms with Crippen LogP contribution in [-0.2, 0) is 5.41 Å². The minimum atomic E-state index is -0.0841.